The van der Waals surface area contributed by atoms with Crippen LogP contribution in [-0.2, 0) is 4.79 Å². The van der Waals surface area contributed by atoms with Crippen LogP contribution in [0.2, 0.25) is 5.02 Å². The van der Waals surface area contributed by atoms with Gasteiger partial charge in [0.1, 0.15) is 6.04 Å². The van der Waals surface area contributed by atoms with Crippen molar-refractivity contribution in [3.63, 3.8) is 0 Å². The van der Waals surface area contributed by atoms with Crippen molar-refractivity contribution in [2.75, 3.05) is 5.32 Å². The summed E-state index contributed by atoms with van der Waals surface area (Å²) in [6.45, 7) is 1.81. The Balaban J connectivity index is 1.90. The minimum absolute atomic E-state index is 0.405. The highest BCUT2D eigenvalue weighted by atomic mass is 35.5. The number of anilines is 1. The molecule has 3 heterocycles. The minimum atomic E-state index is -0.483. The Morgan fingerprint density at radius 2 is 2.12 bits per heavy atom. The van der Waals surface area contributed by atoms with Crippen LogP contribution in [0.25, 0.3) is 11.4 Å². The van der Waals surface area contributed by atoms with Gasteiger partial charge in [0, 0.05) is 16.1 Å². The number of primary amides is 1. The Morgan fingerprint density at radius 1 is 1.32 bits per heavy atom. The molecule has 0 unspecified atom stereocenters. The van der Waals surface area contributed by atoms with Gasteiger partial charge in [-0.15, -0.1) is 16.4 Å². The van der Waals surface area contributed by atoms with E-state index in [2.05, 4.69) is 15.4 Å². The van der Waals surface area contributed by atoms with E-state index in [-0.39, 0.29) is 0 Å². The van der Waals surface area contributed by atoms with E-state index in [9.17, 15) is 4.79 Å². The molecule has 0 fully saturated rings. The van der Waals surface area contributed by atoms with Gasteiger partial charge < -0.3 is 11.1 Å². The molecule has 4 rings (SSSR count). The maximum Gasteiger partial charge on any atom is 0.248 e. The molecule has 0 aliphatic carbocycles. The number of allylic oxidation sites excluding steroid dienone is 1. The van der Waals surface area contributed by atoms with E-state index in [0.717, 1.165) is 10.4 Å². The fourth-order valence-electron chi connectivity index (χ4n) is 2.94. The molecule has 0 saturated carbocycles. The lowest BCUT2D eigenvalue weighted by atomic mass is 10.0. The Kier molecular flexibility index (Phi) is 3.82. The largest absolute Gasteiger partial charge is 0.366 e. The maximum atomic E-state index is 12.1. The molecule has 1 atom stereocenters. The molecule has 1 amide bonds. The smallest absolute Gasteiger partial charge is 0.248 e. The number of benzene rings is 1. The first-order valence-electron chi connectivity index (χ1n) is 7.58. The summed E-state index contributed by atoms with van der Waals surface area (Å²) in [5.74, 6) is 0.563. The summed E-state index contributed by atoms with van der Waals surface area (Å²) in [4.78, 5) is 17.6. The number of aromatic nitrogens is 3. The van der Waals surface area contributed by atoms with Crippen molar-refractivity contribution in [1.82, 2.24) is 14.8 Å². The third-order valence-electron chi connectivity index (χ3n) is 4.05. The van der Waals surface area contributed by atoms with Gasteiger partial charge in [0.25, 0.3) is 0 Å². The summed E-state index contributed by atoms with van der Waals surface area (Å²) in [5.41, 5.74) is 7.53. The number of rotatable bonds is 3. The lowest BCUT2D eigenvalue weighted by molar-refractivity contribution is -0.115. The van der Waals surface area contributed by atoms with Crippen LogP contribution in [0.5, 0.6) is 0 Å². The van der Waals surface area contributed by atoms with E-state index in [1.807, 2.05) is 42.6 Å². The van der Waals surface area contributed by atoms with Crippen molar-refractivity contribution >= 4 is 34.8 Å². The van der Waals surface area contributed by atoms with E-state index in [0.29, 0.717) is 28.1 Å². The Morgan fingerprint density at radius 3 is 2.80 bits per heavy atom. The van der Waals surface area contributed by atoms with Crippen molar-refractivity contribution < 1.29 is 4.79 Å². The molecule has 0 radical (unpaired) electrons. The first-order valence-corrected chi connectivity index (χ1v) is 8.84. The van der Waals surface area contributed by atoms with Crippen molar-refractivity contribution in [3.05, 3.63) is 62.9 Å². The first-order chi connectivity index (χ1) is 12.1. The number of fused-ring (bicyclic) bond motifs is 1. The molecule has 1 aliphatic rings. The molecule has 0 saturated heterocycles. The third-order valence-corrected chi connectivity index (χ3v) is 5.30. The standard InChI is InChI=1S/C17H14ClN5OS/c1-9-13(15(19)24)14(12-7-4-8-25-12)23-17(20-9)21-16(22-23)10-5-2-3-6-11(10)18/h2-8,14H,1H3,(H2,19,24)(H,20,21,22)/t14-/m1/s1. The predicted octanol–water partition coefficient (Wildman–Crippen LogP) is 3.43. The van der Waals surface area contributed by atoms with E-state index >= 15 is 0 Å². The molecule has 3 aromatic rings. The maximum absolute atomic E-state index is 12.1. The van der Waals surface area contributed by atoms with Crippen molar-refractivity contribution in [1.29, 1.82) is 0 Å². The number of thiophene rings is 1. The van der Waals surface area contributed by atoms with Gasteiger partial charge in [-0.05, 0) is 30.5 Å². The fourth-order valence-corrected chi connectivity index (χ4v) is 3.98. The molecule has 6 nitrogen and oxygen atoms in total. The van der Waals surface area contributed by atoms with Gasteiger partial charge in [0.05, 0.1) is 10.6 Å². The summed E-state index contributed by atoms with van der Waals surface area (Å²) in [6.07, 6.45) is 0. The SMILES string of the molecule is CC1=C(C(N)=O)[C@@H](c2cccs2)n2nc(-c3ccccc3Cl)nc2N1. The molecule has 25 heavy (non-hydrogen) atoms. The number of carbonyl (C=O) groups excluding carboxylic acids is 1. The van der Waals surface area contributed by atoms with Crippen LogP contribution in [0.4, 0.5) is 5.95 Å². The molecule has 8 heteroatoms. The highest BCUT2D eigenvalue weighted by Gasteiger charge is 2.34. The number of nitrogens with one attached hydrogen (secondary N) is 1. The summed E-state index contributed by atoms with van der Waals surface area (Å²) in [7, 11) is 0. The second kappa shape index (κ2) is 6.02. The average Bonchev–Trinajstić information content (AvgIpc) is 3.22. The molecule has 1 aromatic carbocycles. The fraction of sp³-hybridized carbons (Fsp3) is 0.118. The van der Waals surface area contributed by atoms with E-state index in [1.54, 1.807) is 22.1 Å². The van der Waals surface area contributed by atoms with E-state index in [4.69, 9.17) is 17.3 Å². The van der Waals surface area contributed by atoms with Gasteiger partial charge in [0.2, 0.25) is 11.9 Å². The van der Waals surface area contributed by atoms with E-state index < -0.39 is 11.9 Å². The van der Waals surface area contributed by atoms with Gasteiger partial charge >= 0.3 is 0 Å². The van der Waals surface area contributed by atoms with Crippen LogP contribution in [0.15, 0.2) is 53.0 Å². The molecule has 2 aromatic heterocycles. The lowest BCUT2D eigenvalue weighted by Crippen LogP contribution is -2.31. The number of halogens is 1. The van der Waals surface area contributed by atoms with Crippen molar-refractivity contribution in [3.8, 4) is 11.4 Å². The number of nitrogens with zero attached hydrogens (tertiary/aromatic N) is 3. The molecule has 126 valence electrons. The molecule has 3 N–H and O–H groups in total. The van der Waals surface area contributed by atoms with Crippen LogP contribution >= 0.6 is 22.9 Å². The topological polar surface area (TPSA) is 85.8 Å². The molecule has 0 spiro atoms. The van der Waals surface area contributed by atoms with Crippen LogP contribution in [-0.4, -0.2) is 20.7 Å². The monoisotopic (exact) mass is 371 g/mol. The second-order valence-electron chi connectivity index (χ2n) is 5.63. The van der Waals surface area contributed by atoms with Crippen LogP contribution in [0.1, 0.15) is 17.8 Å². The zero-order valence-electron chi connectivity index (χ0n) is 13.2. The third kappa shape index (κ3) is 2.61. The molecule has 0 bridgehead atoms. The van der Waals surface area contributed by atoms with Crippen LogP contribution < -0.4 is 11.1 Å². The van der Waals surface area contributed by atoms with Gasteiger partial charge in [-0.25, -0.2) is 4.68 Å². The Bertz CT molecular complexity index is 992. The second-order valence-corrected chi connectivity index (χ2v) is 7.02. The number of hydrogen-bond donors (Lipinski definition) is 2. The molecule has 1 aliphatic heterocycles. The van der Waals surface area contributed by atoms with Gasteiger partial charge in [-0.2, -0.15) is 4.98 Å². The number of amides is 1. The zero-order chi connectivity index (χ0) is 17.6. The molecular weight excluding hydrogens is 358 g/mol. The van der Waals surface area contributed by atoms with E-state index in [1.165, 1.54) is 0 Å². The summed E-state index contributed by atoms with van der Waals surface area (Å²) in [6, 6.07) is 10.9. The highest BCUT2D eigenvalue weighted by Crippen LogP contribution is 2.38. The minimum Gasteiger partial charge on any atom is -0.366 e. The summed E-state index contributed by atoms with van der Waals surface area (Å²) >= 11 is 7.81. The number of nitrogens with two attached hydrogens (primary N) is 1. The predicted molar refractivity (Wildman–Crippen MR) is 98.4 cm³/mol. The lowest BCUT2D eigenvalue weighted by Gasteiger charge is -2.26. The number of hydrogen-bond acceptors (Lipinski definition) is 5. The first kappa shape index (κ1) is 15.9. The zero-order valence-corrected chi connectivity index (χ0v) is 14.8. The summed E-state index contributed by atoms with van der Waals surface area (Å²) in [5, 5.41) is 10.3. The van der Waals surface area contributed by atoms with Gasteiger partial charge in [-0.1, -0.05) is 29.8 Å². The molecular formula is C17H14ClN5OS. The highest BCUT2D eigenvalue weighted by molar-refractivity contribution is 7.10. The quantitative estimate of drug-likeness (QED) is 0.738. The number of carbonyl (C=O) groups is 1. The van der Waals surface area contributed by atoms with Crippen LogP contribution in [0.3, 0.4) is 0 Å². The normalized spacial score (nSPS) is 16.5. The summed E-state index contributed by atoms with van der Waals surface area (Å²) < 4.78 is 1.69. The Labute approximate surface area is 152 Å². The van der Waals surface area contributed by atoms with Gasteiger partial charge in [-0.3, -0.25) is 4.79 Å². The average molecular weight is 372 g/mol. The van der Waals surface area contributed by atoms with Crippen molar-refractivity contribution in [2.45, 2.75) is 13.0 Å². The van der Waals surface area contributed by atoms with Crippen LogP contribution in [0, 0.1) is 0 Å². The Hall–Kier alpha value is -2.64. The van der Waals surface area contributed by atoms with Gasteiger partial charge in [0.15, 0.2) is 5.82 Å². The van der Waals surface area contributed by atoms with Crippen molar-refractivity contribution in [2.24, 2.45) is 5.73 Å².